The number of rotatable bonds is 2. The van der Waals surface area contributed by atoms with Gasteiger partial charge in [0.15, 0.2) is 5.65 Å². The third kappa shape index (κ3) is 1.75. The van der Waals surface area contributed by atoms with Crippen molar-refractivity contribution in [2.75, 3.05) is 5.09 Å². The molecule has 0 amide bonds. The molecule has 2 heterocycles. The van der Waals surface area contributed by atoms with Crippen LogP contribution in [0.25, 0.3) is 11.2 Å². The maximum Gasteiger partial charge on any atom is 0.169 e. The number of anilines is 1. The van der Waals surface area contributed by atoms with Crippen LogP contribution < -0.4 is 5.09 Å². The lowest BCUT2D eigenvalue weighted by molar-refractivity contribution is 1.23. The zero-order chi connectivity index (χ0) is 9.26. The molecule has 0 aliphatic carbocycles. The van der Waals surface area contributed by atoms with Crippen LogP contribution in [0.2, 0.25) is 0 Å². The molecule has 0 aliphatic heterocycles. The highest BCUT2D eigenvalue weighted by Gasteiger charge is 2.03. The Morgan fingerprint density at radius 3 is 3.15 bits per heavy atom. The van der Waals surface area contributed by atoms with Crippen LogP contribution in [0.5, 0.6) is 0 Å². The van der Waals surface area contributed by atoms with Gasteiger partial charge in [-0.2, -0.15) is 0 Å². The Balaban J connectivity index is 2.61. The Hall–Kier alpha value is -0.0700. The first-order chi connectivity index (χ1) is 6.35. The molecule has 0 aromatic carbocycles. The highest BCUT2D eigenvalue weighted by molar-refractivity contribution is 14.2. The molecule has 0 spiro atoms. The fourth-order valence-corrected chi connectivity index (χ4v) is 2.42. The van der Waals surface area contributed by atoms with E-state index in [1.54, 1.807) is 15.3 Å². The fourth-order valence-electron chi connectivity index (χ4n) is 1.01. The molecule has 0 saturated carbocycles. The van der Waals surface area contributed by atoms with Crippen LogP contribution in [0, 0.1) is 0 Å². The second-order valence-electron chi connectivity index (χ2n) is 2.32. The van der Waals surface area contributed by atoms with E-state index in [2.05, 4.69) is 45.7 Å². The van der Waals surface area contributed by atoms with Crippen molar-refractivity contribution in [2.45, 2.75) is 0 Å². The van der Waals surface area contributed by atoms with E-state index in [1.165, 1.54) is 0 Å². The van der Waals surface area contributed by atoms with Crippen LogP contribution in [0.3, 0.4) is 0 Å². The number of nitrogens with zero attached hydrogens (tertiary/aromatic N) is 3. The molecular weight excluding hydrogens is 318 g/mol. The third-order valence-corrected chi connectivity index (χ3v) is 3.59. The molecule has 2 aromatic rings. The molecule has 68 valence electrons. The van der Waals surface area contributed by atoms with E-state index in [0.29, 0.717) is 0 Å². The molecule has 0 bridgehead atoms. The van der Waals surface area contributed by atoms with Crippen molar-refractivity contribution in [2.24, 2.45) is 0 Å². The zero-order valence-electron chi connectivity index (χ0n) is 6.44. The van der Waals surface area contributed by atoms with Crippen LogP contribution >= 0.6 is 39.7 Å². The van der Waals surface area contributed by atoms with Gasteiger partial charge in [0.25, 0.3) is 0 Å². The maximum absolute atomic E-state index is 4.33. The first kappa shape index (κ1) is 9.48. The average molecular weight is 324 g/mol. The van der Waals surface area contributed by atoms with E-state index in [9.17, 15) is 0 Å². The van der Waals surface area contributed by atoms with Gasteiger partial charge in [-0.3, -0.25) is 3.97 Å². The van der Waals surface area contributed by atoms with Gasteiger partial charge in [-0.05, 0) is 15.5 Å². The van der Waals surface area contributed by atoms with E-state index >= 15 is 0 Å². The summed E-state index contributed by atoms with van der Waals surface area (Å²) in [6, 6.07) is 1.94. The summed E-state index contributed by atoms with van der Waals surface area (Å²) < 4.78 is 1.97. The van der Waals surface area contributed by atoms with Gasteiger partial charge in [-0.15, -0.1) is 0 Å². The molecular formula is C6H6IN4PS. The number of hydrogen-bond acceptors (Lipinski definition) is 4. The molecule has 13 heavy (non-hydrogen) atoms. The van der Waals surface area contributed by atoms with Crippen LogP contribution in [-0.4, -0.2) is 13.9 Å². The summed E-state index contributed by atoms with van der Waals surface area (Å²) in [6.07, 6.45) is 3.66. The number of halogens is 1. The predicted molar refractivity (Wildman–Crippen MR) is 67.9 cm³/mol. The quantitative estimate of drug-likeness (QED) is 0.681. The maximum atomic E-state index is 4.33. The van der Waals surface area contributed by atoms with Crippen LogP contribution in [0.4, 0.5) is 5.82 Å². The van der Waals surface area contributed by atoms with Crippen molar-refractivity contribution in [3.05, 3.63) is 18.5 Å². The predicted octanol–water partition coefficient (Wildman–Crippen LogP) is 2.48. The summed E-state index contributed by atoms with van der Waals surface area (Å²) in [7, 11) is 3.97. The molecule has 0 saturated heterocycles. The molecule has 0 fully saturated rings. The minimum absolute atomic E-state index is 0.758. The zero-order valence-corrected chi connectivity index (χ0v) is 10.6. The number of aromatic nitrogens is 3. The SMILES string of the molecule is PNc1cnc2c(ccn2SI)n1. The van der Waals surface area contributed by atoms with E-state index in [0.717, 1.165) is 17.0 Å². The summed E-state index contributed by atoms with van der Waals surface area (Å²) in [5.41, 5.74) is 1.79. The summed E-state index contributed by atoms with van der Waals surface area (Å²) >= 11 is 2.21. The number of hydrogen-bond donors (Lipinski definition) is 1. The molecule has 2 rings (SSSR count). The minimum atomic E-state index is 0.758. The summed E-state index contributed by atoms with van der Waals surface area (Å²) in [5.74, 6) is 0.758. The number of fused-ring (bicyclic) bond motifs is 1. The molecule has 0 radical (unpaired) electrons. The normalized spacial score (nSPS) is 10.6. The van der Waals surface area contributed by atoms with Crippen molar-refractivity contribution < 1.29 is 0 Å². The molecule has 7 heteroatoms. The highest BCUT2D eigenvalue weighted by Crippen LogP contribution is 2.22. The standard InChI is InChI=1S/C6H6IN4PS/c7-13-11-2-1-4-6(11)8-3-5(9-4)10-12/h1-3H,12H2,(H,9,10). The molecule has 1 unspecified atom stereocenters. The fraction of sp³-hybridized carbons (Fsp3) is 0. The lowest BCUT2D eigenvalue weighted by atomic mass is 10.5. The molecule has 0 aliphatic rings. The smallest absolute Gasteiger partial charge is 0.169 e. The second kappa shape index (κ2) is 3.98. The lowest BCUT2D eigenvalue weighted by Crippen LogP contribution is -1.89. The van der Waals surface area contributed by atoms with Gasteiger partial charge in [0, 0.05) is 36.5 Å². The van der Waals surface area contributed by atoms with Gasteiger partial charge in [0.05, 0.1) is 6.20 Å². The van der Waals surface area contributed by atoms with E-state index < -0.39 is 0 Å². The lowest BCUT2D eigenvalue weighted by Gasteiger charge is -1.98. The largest absolute Gasteiger partial charge is 0.353 e. The van der Waals surface area contributed by atoms with Crippen molar-refractivity contribution in [1.82, 2.24) is 13.9 Å². The minimum Gasteiger partial charge on any atom is -0.353 e. The van der Waals surface area contributed by atoms with Crippen LogP contribution in [0.15, 0.2) is 18.5 Å². The van der Waals surface area contributed by atoms with Gasteiger partial charge in [-0.25, -0.2) is 9.97 Å². The summed E-state index contributed by atoms with van der Waals surface area (Å²) in [4.78, 5) is 8.61. The first-order valence-corrected chi connectivity index (χ1v) is 7.34. The molecule has 1 atom stereocenters. The van der Waals surface area contributed by atoms with Crippen molar-refractivity contribution in [3.8, 4) is 0 Å². The Morgan fingerprint density at radius 2 is 2.46 bits per heavy atom. The monoisotopic (exact) mass is 324 g/mol. The van der Waals surface area contributed by atoms with Crippen molar-refractivity contribution in [1.29, 1.82) is 0 Å². The Morgan fingerprint density at radius 1 is 1.62 bits per heavy atom. The van der Waals surface area contributed by atoms with Crippen LogP contribution in [-0.2, 0) is 0 Å². The third-order valence-electron chi connectivity index (χ3n) is 1.58. The van der Waals surface area contributed by atoms with Gasteiger partial charge in [0.2, 0.25) is 0 Å². The van der Waals surface area contributed by atoms with Gasteiger partial charge >= 0.3 is 0 Å². The van der Waals surface area contributed by atoms with Crippen molar-refractivity contribution >= 4 is 56.7 Å². The molecule has 4 nitrogen and oxygen atoms in total. The van der Waals surface area contributed by atoms with Crippen LogP contribution in [0.1, 0.15) is 0 Å². The average Bonchev–Trinajstić information content (AvgIpc) is 2.59. The van der Waals surface area contributed by atoms with Gasteiger partial charge < -0.3 is 5.09 Å². The number of nitrogens with one attached hydrogen (secondary N) is 1. The van der Waals surface area contributed by atoms with E-state index in [-0.39, 0.29) is 0 Å². The molecule has 2 aromatic heterocycles. The first-order valence-electron chi connectivity index (χ1n) is 3.45. The van der Waals surface area contributed by atoms with E-state index in [4.69, 9.17) is 0 Å². The highest BCUT2D eigenvalue weighted by atomic mass is 127. The Kier molecular flexibility index (Phi) is 2.90. The summed E-state index contributed by atoms with van der Waals surface area (Å²) in [5, 5.41) is 2.87. The summed E-state index contributed by atoms with van der Waals surface area (Å²) in [6.45, 7) is 0. The van der Waals surface area contributed by atoms with Gasteiger partial charge in [-0.1, -0.05) is 0 Å². The topological polar surface area (TPSA) is 42.7 Å². The Labute approximate surface area is 93.9 Å². The van der Waals surface area contributed by atoms with Gasteiger partial charge in [0.1, 0.15) is 11.3 Å². The Bertz CT molecular complexity index is 431. The molecule has 1 N–H and O–H groups in total. The second-order valence-corrected chi connectivity index (χ2v) is 4.32. The van der Waals surface area contributed by atoms with E-state index in [1.807, 2.05) is 16.2 Å². The van der Waals surface area contributed by atoms with Crippen molar-refractivity contribution in [3.63, 3.8) is 0 Å².